The number of ether oxygens (including phenoxy) is 1. The molecule has 222 valence electrons. The van der Waals surface area contributed by atoms with Gasteiger partial charge in [-0.2, -0.15) is 0 Å². The average molecular weight is 592 g/mol. The summed E-state index contributed by atoms with van der Waals surface area (Å²) in [4.78, 5) is 46.7. The van der Waals surface area contributed by atoms with Crippen LogP contribution < -0.4 is 10.6 Å². The fourth-order valence-electron chi connectivity index (χ4n) is 6.48. The van der Waals surface area contributed by atoms with Gasteiger partial charge in [0.05, 0.1) is 17.1 Å². The molecule has 0 spiro atoms. The van der Waals surface area contributed by atoms with Crippen LogP contribution >= 0.6 is 11.6 Å². The lowest BCUT2D eigenvalue weighted by molar-refractivity contribution is -0.136. The van der Waals surface area contributed by atoms with E-state index in [1.807, 2.05) is 18.2 Å². The van der Waals surface area contributed by atoms with Gasteiger partial charge in [0.15, 0.2) is 0 Å². The first-order chi connectivity index (χ1) is 20.3. The summed E-state index contributed by atoms with van der Waals surface area (Å²) in [6.45, 7) is 4.16. The third kappa shape index (κ3) is 6.04. The number of aromatic nitrogens is 1. The second-order valence-electron chi connectivity index (χ2n) is 12.0. The Hall–Kier alpha value is -3.40. The molecule has 1 aliphatic carbocycles. The topological polar surface area (TPSA) is 107 Å². The molecular formula is C32H38ClN5O4. The highest BCUT2D eigenvalue weighted by atomic mass is 35.5. The van der Waals surface area contributed by atoms with E-state index in [0.29, 0.717) is 29.1 Å². The van der Waals surface area contributed by atoms with Crippen LogP contribution in [0.2, 0.25) is 5.02 Å². The number of aromatic amines is 1. The molecule has 1 aromatic heterocycles. The SMILES string of the molecule is COCC(=O)N1CCC(NC(=O)c2ccc3c(Cl)c[nH]c3c2)C(NC(=O)c2ccc(C3(CN4CCCC4)CC3)cc2)C1. The van der Waals surface area contributed by atoms with E-state index in [2.05, 4.69) is 32.7 Å². The number of carbonyl (C=O) groups excluding carboxylic acids is 3. The molecule has 3 amide bonds. The Morgan fingerprint density at radius 2 is 1.67 bits per heavy atom. The van der Waals surface area contributed by atoms with Crippen LogP contribution in [0.25, 0.3) is 10.9 Å². The van der Waals surface area contributed by atoms with Crippen LogP contribution in [-0.2, 0) is 14.9 Å². The molecule has 2 saturated heterocycles. The number of halogens is 1. The molecule has 3 heterocycles. The minimum absolute atomic E-state index is 0.0307. The third-order valence-corrected chi connectivity index (χ3v) is 9.41. The number of nitrogens with zero attached hydrogens (tertiary/aromatic N) is 2. The lowest BCUT2D eigenvalue weighted by Crippen LogP contribution is -2.61. The zero-order valence-corrected chi connectivity index (χ0v) is 24.7. The van der Waals surface area contributed by atoms with Crippen molar-refractivity contribution in [2.24, 2.45) is 0 Å². The number of nitrogens with one attached hydrogen (secondary N) is 3. The summed E-state index contributed by atoms with van der Waals surface area (Å²) in [7, 11) is 1.48. The fourth-order valence-corrected chi connectivity index (χ4v) is 6.70. The van der Waals surface area contributed by atoms with Gasteiger partial charge in [-0.05, 0) is 75.0 Å². The van der Waals surface area contributed by atoms with Crippen molar-refractivity contribution in [1.82, 2.24) is 25.4 Å². The molecule has 9 nitrogen and oxygen atoms in total. The van der Waals surface area contributed by atoms with Gasteiger partial charge in [-0.15, -0.1) is 0 Å². The highest BCUT2D eigenvalue weighted by Crippen LogP contribution is 2.49. The van der Waals surface area contributed by atoms with Crippen molar-refractivity contribution in [3.8, 4) is 0 Å². The van der Waals surface area contributed by atoms with E-state index in [1.165, 1.54) is 51.4 Å². The van der Waals surface area contributed by atoms with Gasteiger partial charge in [0.1, 0.15) is 6.61 Å². The number of likely N-dealkylation sites (tertiary alicyclic amines) is 2. The maximum atomic E-state index is 13.4. The number of hydrogen-bond acceptors (Lipinski definition) is 5. The Labute approximate surface area is 250 Å². The minimum Gasteiger partial charge on any atom is -0.375 e. The van der Waals surface area contributed by atoms with Crippen molar-refractivity contribution >= 4 is 40.2 Å². The molecule has 0 radical (unpaired) electrons. The fraction of sp³-hybridized carbons (Fsp3) is 0.469. The zero-order chi connectivity index (χ0) is 29.3. The largest absolute Gasteiger partial charge is 0.375 e. The molecular weight excluding hydrogens is 554 g/mol. The molecule has 2 unspecified atom stereocenters. The van der Waals surface area contributed by atoms with Crippen LogP contribution in [0.4, 0.5) is 0 Å². The lowest BCUT2D eigenvalue weighted by atomic mass is 9.94. The van der Waals surface area contributed by atoms with Crippen molar-refractivity contribution in [3.05, 3.63) is 70.4 Å². The summed E-state index contributed by atoms with van der Waals surface area (Å²) in [6.07, 6.45) is 7.13. The van der Waals surface area contributed by atoms with Crippen molar-refractivity contribution in [2.45, 2.75) is 49.6 Å². The predicted molar refractivity (Wildman–Crippen MR) is 162 cm³/mol. The summed E-state index contributed by atoms with van der Waals surface area (Å²) in [5, 5.41) is 7.66. The second kappa shape index (κ2) is 12.1. The van der Waals surface area contributed by atoms with E-state index in [4.69, 9.17) is 16.3 Å². The Kier molecular flexibility index (Phi) is 8.25. The first-order valence-electron chi connectivity index (χ1n) is 14.8. The van der Waals surface area contributed by atoms with Gasteiger partial charge < -0.3 is 30.2 Å². The molecule has 3 aliphatic rings. The van der Waals surface area contributed by atoms with Crippen molar-refractivity contribution in [3.63, 3.8) is 0 Å². The van der Waals surface area contributed by atoms with E-state index < -0.39 is 6.04 Å². The van der Waals surface area contributed by atoms with Crippen LogP contribution in [0.5, 0.6) is 0 Å². The predicted octanol–water partition coefficient (Wildman–Crippen LogP) is 3.72. The molecule has 3 fully saturated rings. The first kappa shape index (κ1) is 28.7. The number of benzene rings is 2. The van der Waals surface area contributed by atoms with E-state index in [1.54, 1.807) is 23.2 Å². The van der Waals surface area contributed by atoms with Crippen molar-refractivity contribution in [2.75, 3.05) is 46.4 Å². The zero-order valence-electron chi connectivity index (χ0n) is 24.0. The van der Waals surface area contributed by atoms with Crippen LogP contribution in [0.15, 0.2) is 48.7 Å². The van der Waals surface area contributed by atoms with E-state index in [-0.39, 0.29) is 42.3 Å². The van der Waals surface area contributed by atoms with Crippen LogP contribution in [-0.4, -0.2) is 91.0 Å². The highest BCUT2D eigenvalue weighted by Gasteiger charge is 2.45. The van der Waals surface area contributed by atoms with Gasteiger partial charge >= 0.3 is 0 Å². The summed E-state index contributed by atoms with van der Waals surface area (Å²) < 4.78 is 5.05. The maximum absolute atomic E-state index is 13.4. The van der Waals surface area contributed by atoms with Gasteiger partial charge in [0.25, 0.3) is 11.8 Å². The second-order valence-corrected chi connectivity index (χ2v) is 12.4. The molecule has 6 rings (SSSR count). The Morgan fingerprint density at radius 1 is 0.976 bits per heavy atom. The van der Waals surface area contributed by atoms with Gasteiger partial charge in [0.2, 0.25) is 5.91 Å². The smallest absolute Gasteiger partial charge is 0.251 e. The molecule has 10 heteroatoms. The minimum atomic E-state index is -0.468. The molecule has 2 atom stereocenters. The molecule has 2 aliphatic heterocycles. The van der Waals surface area contributed by atoms with E-state index in [0.717, 1.165) is 17.4 Å². The lowest BCUT2D eigenvalue weighted by Gasteiger charge is -2.39. The van der Waals surface area contributed by atoms with E-state index >= 15 is 0 Å². The van der Waals surface area contributed by atoms with Gasteiger partial charge in [0, 0.05) is 60.4 Å². The molecule has 0 bridgehead atoms. The van der Waals surface area contributed by atoms with Crippen molar-refractivity contribution < 1.29 is 19.1 Å². The highest BCUT2D eigenvalue weighted by molar-refractivity contribution is 6.35. The third-order valence-electron chi connectivity index (χ3n) is 9.10. The molecule has 1 saturated carbocycles. The number of piperidine rings is 1. The van der Waals surface area contributed by atoms with Gasteiger partial charge in [-0.1, -0.05) is 29.8 Å². The number of hydrogen-bond donors (Lipinski definition) is 3. The van der Waals surface area contributed by atoms with Crippen LogP contribution in [0.3, 0.4) is 0 Å². The first-order valence-corrected chi connectivity index (χ1v) is 15.2. The van der Waals surface area contributed by atoms with E-state index in [9.17, 15) is 14.4 Å². The Bertz CT molecular complexity index is 1460. The van der Waals surface area contributed by atoms with Crippen LogP contribution in [0.1, 0.15) is 58.4 Å². The maximum Gasteiger partial charge on any atom is 0.251 e. The van der Waals surface area contributed by atoms with Crippen LogP contribution in [0, 0.1) is 0 Å². The Morgan fingerprint density at radius 3 is 2.38 bits per heavy atom. The average Bonchev–Trinajstić information content (AvgIpc) is 3.41. The molecule has 2 aromatic carbocycles. The van der Waals surface area contributed by atoms with Gasteiger partial charge in [-0.3, -0.25) is 14.4 Å². The normalized spacial score (nSPS) is 21.8. The summed E-state index contributed by atoms with van der Waals surface area (Å²) >= 11 is 6.19. The summed E-state index contributed by atoms with van der Waals surface area (Å²) in [5.41, 5.74) is 3.34. The standard InChI is InChI=1S/C32H38ClN5O4/c1-42-19-29(39)38-15-10-26(35-31(41)22-6-9-24-25(33)17-34-27(24)16-22)28(18-38)36-30(40)21-4-7-23(8-5-21)32(11-12-32)20-37-13-2-3-14-37/h4-9,16-17,26,28,34H,2-3,10-15,18-20H2,1H3,(H,35,41)(H,36,40). The molecule has 3 aromatic rings. The monoisotopic (exact) mass is 591 g/mol. The van der Waals surface area contributed by atoms with Gasteiger partial charge in [-0.25, -0.2) is 0 Å². The molecule has 3 N–H and O–H groups in total. The quantitative estimate of drug-likeness (QED) is 0.352. The number of fused-ring (bicyclic) bond motifs is 1. The summed E-state index contributed by atoms with van der Waals surface area (Å²) in [5.74, 6) is -0.619. The number of H-pyrrole nitrogens is 1. The summed E-state index contributed by atoms with van der Waals surface area (Å²) in [6, 6.07) is 12.5. The number of amides is 3. The Balaban J connectivity index is 1.15. The number of methoxy groups -OCH3 is 1. The number of rotatable bonds is 9. The number of carbonyl (C=O) groups is 3. The molecule has 42 heavy (non-hydrogen) atoms. The van der Waals surface area contributed by atoms with Crippen molar-refractivity contribution in [1.29, 1.82) is 0 Å².